The van der Waals surface area contributed by atoms with Crippen LogP contribution in [0.15, 0.2) is 23.1 Å². The number of rotatable bonds is 3. The van der Waals surface area contributed by atoms with Gasteiger partial charge in [-0.25, -0.2) is 0 Å². The third kappa shape index (κ3) is 2.96. The summed E-state index contributed by atoms with van der Waals surface area (Å²) in [5.41, 5.74) is 2.56. The Bertz CT molecular complexity index is 281. The molecule has 0 saturated carbocycles. The van der Waals surface area contributed by atoms with Crippen LogP contribution in [0, 0.1) is 6.92 Å². The van der Waals surface area contributed by atoms with Crippen LogP contribution in [0.3, 0.4) is 0 Å². The molecule has 1 aromatic carbocycles. The maximum atomic E-state index is 3.43. The molecule has 0 bridgehead atoms. The molecule has 0 aliphatic rings. The average Bonchev–Trinajstić information content (AvgIpc) is 2.08. The number of hydrogen-bond donors (Lipinski definition) is 1. The Labute approximate surface area is 84.9 Å². The van der Waals surface area contributed by atoms with E-state index in [1.807, 2.05) is 0 Å². The standard InChI is InChI=1S/C11H17NS/c1-8(2)12-11-7-10(13-4)6-5-9(11)3/h5-8,12H,1-4H3. The summed E-state index contributed by atoms with van der Waals surface area (Å²) in [6, 6.07) is 7.03. The van der Waals surface area contributed by atoms with Crippen molar-refractivity contribution in [3.05, 3.63) is 23.8 Å². The number of hydrogen-bond acceptors (Lipinski definition) is 2. The van der Waals surface area contributed by atoms with Gasteiger partial charge in [0.15, 0.2) is 0 Å². The second-order valence-corrected chi connectivity index (χ2v) is 4.36. The first-order chi connectivity index (χ1) is 6.13. The Hall–Kier alpha value is -0.630. The smallest absolute Gasteiger partial charge is 0.0383 e. The van der Waals surface area contributed by atoms with Gasteiger partial charge in [0.1, 0.15) is 0 Å². The minimum atomic E-state index is 0.496. The van der Waals surface area contributed by atoms with Crippen LogP contribution in [0.4, 0.5) is 5.69 Å². The van der Waals surface area contributed by atoms with Crippen LogP contribution >= 0.6 is 11.8 Å². The fourth-order valence-corrected chi connectivity index (χ4v) is 1.63. The lowest BCUT2D eigenvalue weighted by molar-refractivity contribution is 0.896. The van der Waals surface area contributed by atoms with E-state index in [9.17, 15) is 0 Å². The van der Waals surface area contributed by atoms with E-state index in [2.05, 4.69) is 50.5 Å². The molecule has 0 unspecified atom stereocenters. The third-order valence-corrected chi connectivity index (χ3v) is 2.61. The SMILES string of the molecule is CSc1ccc(C)c(NC(C)C)c1. The predicted octanol–water partition coefficient (Wildman–Crippen LogP) is 3.54. The van der Waals surface area contributed by atoms with Crippen molar-refractivity contribution in [3.8, 4) is 0 Å². The van der Waals surface area contributed by atoms with Gasteiger partial charge in [0, 0.05) is 16.6 Å². The highest BCUT2D eigenvalue weighted by Crippen LogP contribution is 2.23. The van der Waals surface area contributed by atoms with Crippen molar-refractivity contribution in [2.45, 2.75) is 31.7 Å². The minimum absolute atomic E-state index is 0.496. The van der Waals surface area contributed by atoms with E-state index < -0.39 is 0 Å². The summed E-state index contributed by atoms with van der Waals surface area (Å²) in [5, 5.41) is 3.43. The Morgan fingerprint density at radius 2 is 2.00 bits per heavy atom. The quantitative estimate of drug-likeness (QED) is 0.740. The molecule has 1 aromatic rings. The summed E-state index contributed by atoms with van der Waals surface area (Å²) in [4.78, 5) is 1.31. The van der Waals surface area contributed by atoms with E-state index in [0.29, 0.717) is 6.04 Å². The fourth-order valence-electron chi connectivity index (χ4n) is 1.19. The second-order valence-electron chi connectivity index (χ2n) is 3.48. The van der Waals surface area contributed by atoms with Crippen molar-refractivity contribution in [1.82, 2.24) is 0 Å². The lowest BCUT2D eigenvalue weighted by atomic mass is 10.2. The molecule has 0 aliphatic heterocycles. The van der Waals surface area contributed by atoms with Crippen LogP contribution in [0.5, 0.6) is 0 Å². The maximum Gasteiger partial charge on any atom is 0.0383 e. The van der Waals surface area contributed by atoms with Crippen molar-refractivity contribution in [3.63, 3.8) is 0 Å². The lowest BCUT2D eigenvalue weighted by Crippen LogP contribution is -2.10. The molecule has 0 amide bonds. The van der Waals surface area contributed by atoms with Gasteiger partial charge in [0.2, 0.25) is 0 Å². The molecule has 0 fully saturated rings. The zero-order valence-corrected chi connectivity index (χ0v) is 9.53. The van der Waals surface area contributed by atoms with E-state index in [-0.39, 0.29) is 0 Å². The molecule has 0 spiro atoms. The van der Waals surface area contributed by atoms with Crippen molar-refractivity contribution in [1.29, 1.82) is 0 Å². The molecule has 72 valence electrons. The summed E-state index contributed by atoms with van der Waals surface area (Å²) in [6.07, 6.45) is 2.10. The van der Waals surface area contributed by atoms with Gasteiger partial charge < -0.3 is 5.32 Å². The molecule has 0 atom stereocenters. The first-order valence-electron chi connectivity index (χ1n) is 4.54. The first-order valence-corrected chi connectivity index (χ1v) is 5.77. The zero-order valence-electron chi connectivity index (χ0n) is 8.72. The Morgan fingerprint density at radius 1 is 1.31 bits per heavy atom. The second kappa shape index (κ2) is 4.56. The van der Waals surface area contributed by atoms with Crippen molar-refractivity contribution in [2.24, 2.45) is 0 Å². The lowest BCUT2D eigenvalue weighted by Gasteiger charge is -2.13. The predicted molar refractivity (Wildman–Crippen MR) is 61.7 cm³/mol. The van der Waals surface area contributed by atoms with E-state index in [0.717, 1.165) is 0 Å². The Kier molecular flexibility index (Phi) is 3.67. The highest BCUT2D eigenvalue weighted by Gasteiger charge is 2.00. The number of thioether (sulfide) groups is 1. The van der Waals surface area contributed by atoms with E-state index in [4.69, 9.17) is 0 Å². The van der Waals surface area contributed by atoms with Gasteiger partial charge in [-0.3, -0.25) is 0 Å². The van der Waals surface area contributed by atoms with E-state index in [1.165, 1.54) is 16.1 Å². The zero-order chi connectivity index (χ0) is 9.84. The van der Waals surface area contributed by atoms with Crippen LogP contribution in [-0.4, -0.2) is 12.3 Å². The maximum absolute atomic E-state index is 3.43. The average molecular weight is 195 g/mol. The van der Waals surface area contributed by atoms with Gasteiger partial charge in [0.25, 0.3) is 0 Å². The van der Waals surface area contributed by atoms with Gasteiger partial charge in [-0.1, -0.05) is 6.07 Å². The Balaban J connectivity index is 2.90. The van der Waals surface area contributed by atoms with Crippen LogP contribution in [-0.2, 0) is 0 Å². The van der Waals surface area contributed by atoms with Crippen LogP contribution in [0.1, 0.15) is 19.4 Å². The van der Waals surface area contributed by atoms with Crippen molar-refractivity contribution < 1.29 is 0 Å². The van der Waals surface area contributed by atoms with Gasteiger partial charge in [-0.15, -0.1) is 11.8 Å². The van der Waals surface area contributed by atoms with Gasteiger partial charge in [0.05, 0.1) is 0 Å². The summed E-state index contributed by atoms with van der Waals surface area (Å²) < 4.78 is 0. The number of nitrogens with one attached hydrogen (secondary N) is 1. The highest BCUT2D eigenvalue weighted by atomic mass is 32.2. The monoisotopic (exact) mass is 195 g/mol. The summed E-state index contributed by atoms with van der Waals surface area (Å²) >= 11 is 1.78. The molecule has 1 nitrogen and oxygen atoms in total. The molecule has 0 aromatic heterocycles. The molecule has 1 N–H and O–H groups in total. The molecule has 0 aliphatic carbocycles. The normalized spacial score (nSPS) is 10.5. The van der Waals surface area contributed by atoms with Gasteiger partial charge >= 0.3 is 0 Å². The molecule has 1 rings (SSSR count). The van der Waals surface area contributed by atoms with Crippen LogP contribution in [0.25, 0.3) is 0 Å². The third-order valence-electron chi connectivity index (χ3n) is 1.89. The van der Waals surface area contributed by atoms with Gasteiger partial charge in [-0.2, -0.15) is 0 Å². The number of aryl methyl sites for hydroxylation is 1. The first kappa shape index (κ1) is 10.5. The molecular weight excluding hydrogens is 178 g/mol. The van der Waals surface area contributed by atoms with E-state index >= 15 is 0 Å². The molecular formula is C11H17NS. The molecule has 2 heteroatoms. The summed E-state index contributed by atoms with van der Waals surface area (Å²) in [6.45, 7) is 6.45. The van der Waals surface area contributed by atoms with Gasteiger partial charge in [-0.05, 0) is 44.7 Å². The fraction of sp³-hybridized carbons (Fsp3) is 0.455. The van der Waals surface area contributed by atoms with Crippen LogP contribution in [0.2, 0.25) is 0 Å². The number of anilines is 1. The molecule has 0 saturated heterocycles. The molecule has 0 heterocycles. The Morgan fingerprint density at radius 3 is 2.54 bits per heavy atom. The summed E-state index contributed by atoms with van der Waals surface area (Å²) in [7, 11) is 0. The topological polar surface area (TPSA) is 12.0 Å². The summed E-state index contributed by atoms with van der Waals surface area (Å²) in [5.74, 6) is 0. The highest BCUT2D eigenvalue weighted by molar-refractivity contribution is 7.98. The van der Waals surface area contributed by atoms with E-state index in [1.54, 1.807) is 11.8 Å². The van der Waals surface area contributed by atoms with Crippen LogP contribution < -0.4 is 5.32 Å². The van der Waals surface area contributed by atoms with Crippen molar-refractivity contribution >= 4 is 17.4 Å². The number of benzene rings is 1. The minimum Gasteiger partial charge on any atom is -0.383 e. The largest absolute Gasteiger partial charge is 0.383 e. The molecule has 0 radical (unpaired) electrons. The molecule has 13 heavy (non-hydrogen) atoms. The van der Waals surface area contributed by atoms with Crippen molar-refractivity contribution in [2.75, 3.05) is 11.6 Å².